The zero-order valence-electron chi connectivity index (χ0n) is 16.2. The molecule has 0 amide bonds. The highest BCUT2D eigenvalue weighted by Gasteiger charge is 2.13. The van der Waals surface area contributed by atoms with Crippen molar-refractivity contribution in [2.24, 2.45) is 4.99 Å². The second-order valence-electron chi connectivity index (χ2n) is 6.31. The molecule has 0 aromatic carbocycles. The minimum atomic E-state index is 0.482. The normalized spacial score (nSPS) is 12.5. The van der Waals surface area contributed by atoms with E-state index in [1.807, 2.05) is 0 Å². The Bertz CT molecular complexity index is 480. The van der Waals surface area contributed by atoms with Crippen LogP contribution < -0.4 is 10.6 Å². The van der Waals surface area contributed by atoms with Crippen LogP contribution in [0.5, 0.6) is 0 Å². The quantitative estimate of drug-likeness (QED) is 0.507. The van der Waals surface area contributed by atoms with Crippen LogP contribution in [0.1, 0.15) is 64.8 Å². The fourth-order valence-electron chi connectivity index (χ4n) is 2.80. The molecule has 0 radical (unpaired) electrons. The minimum absolute atomic E-state index is 0.482. The highest BCUT2D eigenvalue weighted by Crippen LogP contribution is 2.22. The third kappa shape index (κ3) is 6.51. The molecule has 0 saturated heterocycles. The molecule has 138 valence electrons. The van der Waals surface area contributed by atoms with E-state index in [4.69, 9.17) is 4.52 Å². The van der Waals surface area contributed by atoms with E-state index in [1.54, 1.807) is 7.05 Å². The lowest BCUT2D eigenvalue weighted by molar-refractivity contribution is 0.237. The van der Waals surface area contributed by atoms with Gasteiger partial charge in [0.25, 0.3) is 0 Å². The third-order valence-electron chi connectivity index (χ3n) is 4.46. The average Bonchev–Trinajstić information content (AvgIpc) is 3.04. The number of rotatable bonds is 10. The molecule has 1 aromatic rings. The average molecular weight is 338 g/mol. The van der Waals surface area contributed by atoms with Gasteiger partial charge in [0, 0.05) is 38.2 Å². The van der Waals surface area contributed by atoms with Crippen molar-refractivity contribution in [3.8, 4) is 0 Å². The van der Waals surface area contributed by atoms with Crippen molar-refractivity contribution < 1.29 is 4.52 Å². The van der Waals surface area contributed by atoms with Crippen molar-refractivity contribution in [1.29, 1.82) is 0 Å². The maximum atomic E-state index is 5.43. The van der Waals surface area contributed by atoms with Crippen LogP contribution in [-0.2, 0) is 6.54 Å². The van der Waals surface area contributed by atoms with Gasteiger partial charge >= 0.3 is 0 Å². The van der Waals surface area contributed by atoms with Crippen LogP contribution in [0, 0.1) is 0 Å². The maximum absolute atomic E-state index is 5.43. The number of likely N-dealkylation sites (N-methyl/N-ethyl adjacent to an activating group) is 1. The first-order chi connectivity index (χ1) is 11.5. The van der Waals surface area contributed by atoms with Crippen molar-refractivity contribution in [3.63, 3.8) is 0 Å². The summed E-state index contributed by atoms with van der Waals surface area (Å²) in [7, 11) is 1.78. The second kappa shape index (κ2) is 11.1. The largest absolute Gasteiger partial charge is 0.359 e. The summed E-state index contributed by atoms with van der Waals surface area (Å²) in [6.45, 7) is 14.5. The Balaban J connectivity index is 2.41. The Morgan fingerprint density at radius 1 is 1.25 bits per heavy atom. The van der Waals surface area contributed by atoms with Crippen LogP contribution in [0.25, 0.3) is 0 Å². The Labute approximate surface area is 147 Å². The predicted octanol–water partition coefficient (Wildman–Crippen LogP) is 2.97. The van der Waals surface area contributed by atoms with E-state index in [0.29, 0.717) is 18.5 Å². The molecule has 2 N–H and O–H groups in total. The van der Waals surface area contributed by atoms with Crippen molar-refractivity contribution in [2.45, 2.75) is 66.0 Å². The highest BCUT2D eigenvalue weighted by molar-refractivity contribution is 5.79. The molecule has 0 aliphatic carbocycles. The van der Waals surface area contributed by atoms with Gasteiger partial charge in [-0.2, -0.15) is 0 Å². The summed E-state index contributed by atoms with van der Waals surface area (Å²) in [5, 5.41) is 10.8. The minimum Gasteiger partial charge on any atom is -0.359 e. The summed E-state index contributed by atoms with van der Waals surface area (Å²) in [5.74, 6) is 2.11. The van der Waals surface area contributed by atoms with Crippen molar-refractivity contribution in [2.75, 3.05) is 26.7 Å². The van der Waals surface area contributed by atoms with Gasteiger partial charge in [-0.3, -0.25) is 9.89 Å². The molecule has 1 rings (SSSR count). The number of nitrogens with one attached hydrogen (secondary N) is 2. The van der Waals surface area contributed by atoms with Gasteiger partial charge in [-0.1, -0.05) is 25.9 Å². The molecular formula is C18H35N5O. The van der Waals surface area contributed by atoms with E-state index >= 15 is 0 Å². The Hall–Kier alpha value is -1.56. The van der Waals surface area contributed by atoms with Crippen LogP contribution in [0.15, 0.2) is 15.6 Å². The molecule has 24 heavy (non-hydrogen) atoms. The van der Waals surface area contributed by atoms with E-state index in [0.717, 1.165) is 49.9 Å². The topological polar surface area (TPSA) is 65.7 Å². The summed E-state index contributed by atoms with van der Waals surface area (Å²) < 4.78 is 5.43. The first-order valence-corrected chi connectivity index (χ1v) is 9.19. The van der Waals surface area contributed by atoms with Gasteiger partial charge in [0.2, 0.25) is 0 Å². The van der Waals surface area contributed by atoms with Gasteiger partial charge in [-0.05, 0) is 33.2 Å². The molecule has 0 fully saturated rings. The Morgan fingerprint density at radius 3 is 2.50 bits per heavy atom. The molecule has 0 unspecified atom stereocenters. The van der Waals surface area contributed by atoms with Crippen molar-refractivity contribution >= 4 is 5.96 Å². The van der Waals surface area contributed by atoms with Crippen LogP contribution >= 0.6 is 0 Å². The standard InChI is InChI=1S/C18H35N5O/c1-7-15(8-2)17-12-16(24-22-17)13-21-18(19-6)20-10-11-23(9-3)14(4)5/h12,14-15H,7-11,13H2,1-6H3,(H2,19,20,21). The smallest absolute Gasteiger partial charge is 0.191 e. The van der Waals surface area contributed by atoms with Gasteiger partial charge in [0.15, 0.2) is 11.7 Å². The van der Waals surface area contributed by atoms with Crippen LogP contribution in [-0.4, -0.2) is 48.7 Å². The lowest BCUT2D eigenvalue weighted by Gasteiger charge is -2.25. The molecule has 1 heterocycles. The number of hydrogen-bond acceptors (Lipinski definition) is 4. The highest BCUT2D eigenvalue weighted by atomic mass is 16.5. The first kappa shape index (κ1) is 20.5. The Kier molecular flexibility index (Phi) is 9.45. The summed E-state index contributed by atoms with van der Waals surface area (Å²) in [5.41, 5.74) is 1.05. The molecule has 6 heteroatoms. The number of nitrogens with zero attached hydrogens (tertiary/aromatic N) is 3. The van der Waals surface area contributed by atoms with Crippen molar-refractivity contribution in [3.05, 3.63) is 17.5 Å². The summed E-state index contributed by atoms with van der Waals surface area (Å²) in [6.07, 6.45) is 2.17. The number of hydrogen-bond donors (Lipinski definition) is 2. The van der Waals surface area contributed by atoms with E-state index in [-0.39, 0.29) is 0 Å². The fraction of sp³-hybridized carbons (Fsp3) is 0.778. The lowest BCUT2D eigenvalue weighted by Crippen LogP contribution is -2.42. The second-order valence-corrected chi connectivity index (χ2v) is 6.31. The van der Waals surface area contributed by atoms with Crippen molar-refractivity contribution in [1.82, 2.24) is 20.7 Å². The zero-order chi connectivity index (χ0) is 17.9. The molecule has 1 aromatic heterocycles. The van der Waals surface area contributed by atoms with Gasteiger partial charge in [0.1, 0.15) is 0 Å². The zero-order valence-corrected chi connectivity index (χ0v) is 16.2. The van der Waals surface area contributed by atoms with E-state index in [9.17, 15) is 0 Å². The monoisotopic (exact) mass is 337 g/mol. The van der Waals surface area contributed by atoms with Crippen LogP contribution in [0.3, 0.4) is 0 Å². The van der Waals surface area contributed by atoms with Crippen LogP contribution in [0.2, 0.25) is 0 Å². The van der Waals surface area contributed by atoms with E-state index in [2.05, 4.69) is 66.4 Å². The molecule has 0 atom stereocenters. The summed E-state index contributed by atoms with van der Waals surface area (Å²) in [6, 6.07) is 2.61. The lowest BCUT2D eigenvalue weighted by atomic mass is 9.99. The summed E-state index contributed by atoms with van der Waals surface area (Å²) in [4.78, 5) is 6.67. The summed E-state index contributed by atoms with van der Waals surface area (Å²) >= 11 is 0. The van der Waals surface area contributed by atoms with E-state index < -0.39 is 0 Å². The number of aromatic nitrogens is 1. The van der Waals surface area contributed by atoms with Gasteiger partial charge in [0.05, 0.1) is 12.2 Å². The molecule has 0 aliphatic rings. The predicted molar refractivity (Wildman–Crippen MR) is 100 cm³/mol. The van der Waals surface area contributed by atoms with Crippen LogP contribution in [0.4, 0.5) is 0 Å². The maximum Gasteiger partial charge on any atom is 0.191 e. The molecule has 0 bridgehead atoms. The number of aliphatic imine (C=N–C) groups is 1. The first-order valence-electron chi connectivity index (χ1n) is 9.19. The molecule has 6 nitrogen and oxygen atoms in total. The fourth-order valence-corrected chi connectivity index (χ4v) is 2.80. The van der Waals surface area contributed by atoms with Gasteiger partial charge in [-0.15, -0.1) is 0 Å². The molecule has 0 aliphatic heterocycles. The van der Waals surface area contributed by atoms with E-state index in [1.165, 1.54) is 0 Å². The Morgan fingerprint density at radius 2 is 1.96 bits per heavy atom. The van der Waals surface area contributed by atoms with Gasteiger partial charge < -0.3 is 15.2 Å². The van der Waals surface area contributed by atoms with Gasteiger partial charge in [-0.25, -0.2) is 0 Å². The molecular weight excluding hydrogens is 302 g/mol. The molecule has 0 spiro atoms. The third-order valence-corrected chi connectivity index (χ3v) is 4.46. The number of guanidine groups is 1. The SMILES string of the molecule is CCC(CC)c1cc(CNC(=NC)NCCN(CC)C(C)C)on1. The molecule has 0 saturated carbocycles.